The van der Waals surface area contributed by atoms with Crippen LogP contribution < -0.4 is 10.6 Å². The second kappa shape index (κ2) is 5.17. The van der Waals surface area contributed by atoms with Crippen LogP contribution >= 0.6 is 0 Å². The SMILES string of the molecule is Cc1ccc(F)cc1NC1CCCNC(=O)C1. The molecule has 1 aliphatic rings. The van der Waals surface area contributed by atoms with E-state index >= 15 is 0 Å². The maximum Gasteiger partial charge on any atom is 0.222 e. The monoisotopic (exact) mass is 236 g/mol. The molecule has 1 aromatic rings. The van der Waals surface area contributed by atoms with E-state index in [1.54, 1.807) is 6.07 Å². The molecular weight excluding hydrogens is 219 g/mol. The summed E-state index contributed by atoms with van der Waals surface area (Å²) >= 11 is 0. The number of amides is 1. The van der Waals surface area contributed by atoms with E-state index in [0.29, 0.717) is 6.42 Å². The zero-order valence-electron chi connectivity index (χ0n) is 9.92. The molecule has 0 aliphatic carbocycles. The Morgan fingerprint density at radius 3 is 3.12 bits per heavy atom. The lowest BCUT2D eigenvalue weighted by Crippen LogP contribution is -2.27. The van der Waals surface area contributed by atoms with Crippen LogP contribution in [0.5, 0.6) is 0 Å². The van der Waals surface area contributed by atoms with Gasteiger partial charge in [-0.1, -0.05) is 6.07 Å². The van der Waals surface area contributed by atoms with Gasteiger partial charge >= 0.3 is 0 Å². The van der Waals surface area contributed by atoms with Gasteiger partial charge in [-0.15, -0.1) is 0 Å². The van der Waals surface area contributed by atoms with E-state index in [4.69, 9.17) is 0 Å². The minimum absolute atomic E-state index is 0.0639. The van der Waals surface area contributed by atoms with Crippen molar-refractivity contribution in [2.45, 2.75) is 32.2 Å². The topological polar surface area (TPSA) is 41.1 Å². The average molecular weight is 236 g/mol. The summed E-state index contributed by atoms with van der Waals surface area (Å²) in [6, 6.07) is 4.77. The lowest BCUT2D eigenvalue weighted by atomic mass is 10.1. The molecule has 1 atom stereocenters. The molecule has 1 fully saturated rings. The van der Waals surface area contributed by atoms with Crippen molar-refractivity contribution in [3.8, 4) is 0 Å². The van der Waals surface area contributed by atoms with Crippen molar-refractivity contribution < 1.29 is 9.18 Å². The van der Waals surface area contributed by atoms with Crippen LogP contribution in [0, 0.1) is 12.7 Å². The number of rotatable bonds is 2. The molecule has 1 amide bonds. The Balaban J connectivity index is 2.08. The van der Waals surface area contributed by atoms with E-state index in [-0.39, 0.29) is 17.8 Å². The fourth-order valence-corrected chi connectivity index (χ4v) is 2.07. The molecule has 1 unspecified atom stereocenters. The third kappa shape index (κ3) is 3.19. The first kappa shape index (κ1) is 11.9. The van der Waals surface area contributed by atoms with Crippen molar-refractivity contribution in [1.82, 2.24) is 5.32 Å². The number of carbonyl (C=O) groups excluding carboxylic acids is 1. The van der Waals surface area contributed by atoms with Crippen molar-refractivity contribution in [2.75, 3.05) is 11.9 Å². The summed E-state index contributed by atoms with van der Waals surface area (Å²) in [6.07, 6.45) is 2.34. The Hall–Kier alpha value is -1.58. The lowest BCUT2D eigenvalue weighted by Gasteiger charge is -2.18. The van der Waals surface area contributed by atoms with Crippen LogP contribution in [0.2, 0.25) is 0 Å². The number of anilines is 1. The molecule has 0 bridgehead atoms. The number of hydrogen-bond acceptors (Lipinski definition) is 2. The van der Waals surface area contributed by atoms with Crippen LogP contribution in [-0.4, -0.2) is 18.5 Å². The minimum atomic E-state index is -0.254. The molecule has 17 heavy (non-hydrogen) atoms. The highest BCUT2D eigenvalue weighted by atomic mass is 19.1. The van der Waals surface area contributed by atoms with Crippen LogP contribution in [0.4, 0.5) is 10.1 Å². The maximum atomic E-state index is 13.1. The molecule has 0 radical (unpaired) electrons. The first-order valence-electron chi connectivity index (χ1n) is 5.94. The molecule has 2 rings (SSSR count). The van der Waals surface area contributed by atoms with Crippen molar-refractivity contribution in [1.29, 1.82) is 0 Å². The first-order valence-corrected chi connectivity index (χ1v) is 5.94. The smallest absolute Gasteiger partial charge is 0.222 e. The Bertz CT molecular complexity index is 420. The van der Waals surface area contributed by atoms with E-state index in [2.05, 4.69) is 10.6 Å². The van der Waals surface area contributed by atoms with Gasteiger partial charge in [0, 0.05) is 24.7 Å². The van der Waals surface area contributed by atoms with Gasteiger partial charge in [-0.3, -0.25) is 4.79 Å². The van der Waals surface area contributed by atoms with Crippen LogP contribution in [-0.2, 0) is 4.79 Å². The summed E-state index contributed by atoms with van der Waals surface area (Å²) in [4.78, 5) is 11.4. The fraction of sp³-hybridized carbons (Fsp3) is 0.462. The van der Waals surface area contributed by atoms with Crippen LogP contribution in [0.15, 0.2) is 18.2 Å². The minimum Gasteiger partial charge on any atom is -0.381 e. The molecular formula is C13H17FN2O. The van der Waals surface area contributed by atoms with E-state index in [1.165, 1.54) is 12.1 Å². The Morgan fingerprint density at radius 1 is 1.47 bits per heavy atom. The molecule has 0 spiro atoms. The van der Waals surface area contributed by atoms with Crippen molar-refractivity contribution in [3.63, 3.8) is 0 Å². The third-order valence-electron chi connectivity index (χ3n) is 3.04. The molecule has 1 heterocycles. The van der Waals surface area contributed by atoms with Gasteiger partial charge in [-0.05, 0) is 37.5 Å². The van der Waals surface area contributed by atoms with Crippen LogP contribution in [0.1, 0.15) is 24.8 Å². The standard InChI is InChI=1S/C13H17FN2O/c1-9-4-5-10(14)7-12(9)16-11-3-2-6-15-13(17)8-11/h4-5,7,11,16H,2-3,6,8H2,1H3,(H,15,17). The second-order valence-corrected chi connectivity index (χ2v) is 4.50. The van der Waals surface area contributed by atoms with Gasteiger partial charge in [0.25, 0.3) is 0 Å². The number of nitrogens with one attached hydrogen (secondary N) is 2. The highest BCUT2D eigenvalue weighted by Crippen LogP contribution is 2.20. The molecule has 0 saturated carbocycles. The predicted molar refractivity (Wildman–Crippen MR) is 65.4 cm³/mol. The number of benzene rings is 1. The zero-order valence-corrected chi connectivity index (χ0v) is 9.92. The second-order valence-electron chi connectivity index (χ2n) is 4.50. The van der Waals surface area contributed by atoms with Crippen molar-refractivity contribution in [3.05, 3.63) is 29.6 Å². The Morgan fingerprint density at radius 2 is 2.29 bits per heavy atom. The van der Waals surface area contributed by atoms with Gasteiger partial charge in [-0.2, -0.15) is 0 Å². The summed E-state index contributed by atoms with van der Waals surface area (Å²) < 4.78 is 13.1. The Labute approximate surface area is 100 Å². The maximum absolute atomic E-state index is 13.1. The summed E-state index contributed by atoms with van der Waals surface area (Å²) in [6.45, 7) is 2.66. The highest BCUT2D eigenvalue weighted by molar-refractivity contribution is 5.77. The summed E-state index contributed by atoms with van der Waals surface area (Å²) in [7, 11) is 0. The fourth-order valence-electron chi connectivity index (χ4n) is 2.07. The van der Waals surface area contributed by atoms with Crippen molar-refractivity contribution >= 4 is 11.6 Å². The summed E-state index contributed by atoms with van der Waals surface area (Å²) in [5.41, 5.74) is 1.78. The largest absolute Gasteiger partial charge is 0.381 e. The highest BCUT2D eigenvalue weighted by Gasteiger charge is 2.17. The van der Waals surface area contributed by atoms with E-state index in [1.807, 2.05) is 6.92 Å². The van der Waals surface area contributed by atoms with Gasteiger partial charge < -0.3 is 10.6 Å². The predicted octanol–water partition coefficient (Wildman–Crippen LogP) is 2.21. The average Bonchev–Trinajstić information content (AvgIpc) is 2.48. The molecule has 1 aromatic carbocycles. The summed E-state index contributed by atoms with van der Waals surface area (Å²) in [5.74, 6) is -0.190. The summed E-state index contributed by atoms with van der Waals surface area (Å²) in [5, 5.41) is 6.09. The Kier molecular flexibility index (Phi) is 3.61. The first-order chi connectivity index (χ1) is 8.15. The number of aryl methyl sites for hydroxylation is 1. The van der Waals surface area contributed by atoms with E-state index < -0.39 is 0 Å². The molecule has 92 valence electrons. The van der Waals surface area contributed by atoms with Gasteiger partial charge in [0.05, 0.1) is 0 Å². The molecule has 0 aromatic heterocycles. The van der Waals surface area contributed by atoms with Gasteiger partial charge in [0.15, 0.2) is 0 Å². The van der Waals surface area contributed by atoms with Gasteiger partial charge in [0.2, 0.25) is 5.91 Å². The van der Waals surface area contributed by atoms with E-state index in [9.17, 15) is 9.18 Å². The normalized spacial score (nSPS) is 20.6. The zero-order chi connectivity index (χ0) is 12.3. The van der Waals surface area contributed by atoms with Gasteiger partial charge in [0.1, 0.15) is 5.82 Å². The number of carbonyl (C=O) groups is 1. The lowest BCUT2D eigenvalue weighted by molar-refractivity contribution is -0.120. The van der Waals surface area contributed by atoms with Crippen LogP contribution in [0.25, 0.3) is 0 Å². The molecule has 2 N–H and O–H groups in total. The van der Waals surface area contributed by atoms with Crippen LogP contribution in [0.3, 0.4) is 0 Å². The molecule has 1 aliphatic heterocycles. The quantitative estimate of drug-likeness (QED) is 0.826. The molecule has 3 nitrogen and oxygen atoms in total. The van der Waals surface area contributed by atoms with Crippen molar-refractivity contribution in [2.24, 2.45) is 0 Å². The number of halogens is 1. The number of hydrogen-bond donors (Lipinski definition) is 2. The third-order valence-corrected chi connectivity index (χ3v) is 3.04. The van der Waals surface area contributed by atoms with E-state index in [0.717, 1.165) is 30.6 Å². The molecule has 1 saturated heterocycles. The van der Waals surface area contributed by atoms with Gasteiger partial charge in [-0.25, -0.2) is 4.39 Å². The molecule has 4 heteroatoms.